The lowest BCUT2D eigenvalue weighted by Gasteiger charge is -2.26. The van der Waals surface area contributed by atoms with Crippen LogP contribution in [0.1, 0.15) is 90.9 Å². The molecular formula is C19H38N2O3. The number of nitrogens with zero attached hydrogens (tertiary/aromatic N) is 1. The number of hydrogen-bond acceptors (Lipinski definition) is 3. The second kappa shape index (κ2) is 15.4. The summed E-state index contributed by atoms with van der Waals surface area (Å²) in [5, 5.41) is 8.75. The van der Waals surface area contributed by atoms with Crippen LogP contribution in [0.2, 0.25) is 0 Å². The number of carboxylic acid groups (broad SMARTS) is 1. The van der Waals surface area contributed by atoms with E-state index in [1.165, 1.54) is 38.5 Å². The minimum absolute atomic E-state index is 0.0479. The highest BCUT2D eigenvalue weighted by Gasteiger charge is 2.21. The maximum Gasteiger partial charge on any atom is 0.303 e. The van der Waals surface area contributed by atoms with Crippen molar-refractivity contribution in [1.29, 1.82) is 0 Å². The normalized spacial score (nSPS) is 12.1. The predicted molar refractivity (Wildman–Crippen MR) is 98.9 cm³/mol. The van der Waals surface area contributed by atoms with Crippen LogP contribution >= 0.6 is 0 Å². The zero-order chi connectivity index (χ0) is 18.2. The molecule has 0 aromatic rings. The van der Waals surface area contributed by atoms with Crippen molar-refractivity contribution >= 4 is 11.9 Å². The van der Waals surface area contributed by atoms with Crippen molar-refractivity contribution in [1.82, 2.24) is 4.90 Å². The van der Waals surface area contributed by atoms with Gasteiger partial charge in [-0.25, -0.2) is 0 Å². The molecule has 3 N–H and O–H groups in total. The van der Waals surface area contributed by atoms with E-state index in [1.807, 2.05) is 4.90 Å². The molecule has 5 heteroatoms. The molecule has 0 aromatic heterocycles. The molecular weight excluding hydrogens is 304 g/mol. The highest BCUT2D eigenvalue weighted by Crippen LogP contribution is 2.09. The highest BCUT2D eigenvalue weighted by atomic mass is 16.4. The number of amides is 1. The molecule has 24 heavy (non-hydrogen) atoms. The van der Waals surface area contributed by atoms with Crippen LogP contribution in [0.15, 0.2) is 0 Å². The Hall–Kier alpha value is -1.10. The van der Waals surface area contributed by atoms with Crippen LogP contribution in [-0.2, 0) is 9.59 Å². The Balaban J connectivity index is 4.30. The lowest BCUT2D eigenvalue weighted by molar-refractivity contribution is -0.137. The van der Waals surface area contributed by atoms with Gasteiger partial charge in [0.25, 0.3) is 0 Å². The van der Waals surface area contributed by atoms with Crippen molar-refractivity contribution in [3.8, 4) is 0 Å². The first-order chi connectivity index (χ1) is 11.5. The van der Waals surface area contributed by atoms with Gasteiger partial charge in [-0.1, -0.05) is 65.2 Å². The molecule has 0 spiro atoms. The van der Waals surface area contributed by atoms with Gasteiger partial charge >= 0.3 is 5.97 Å². The molecule has 5 nitrogen and oxygen atoms in total. The lowest BCUT2D eigenvalue weighted by Crippen LogP contribution is -2.44. The van der Waals surface area contributed by atoms with Crippen molar-refractivity contribution in [2.45, 2.75) is 96.9 Å². The Morgan fingerprint density at radius 2 is 1.33 bits per heavy atom. The van der Waals surface area contributed by atoms with Crippen LogP contribution in [0.4, 0.5) is 0 Å². The van der Waals surface area contributed by atoms with Crippen molar-refractivity contribution < 1.29 is 14.7 Å². The Labute approximate surface area is 148 Å². The van der Waals surface area contributed by atoms with Crippen molar-refractivity contribution in [2.24, 2.45) is 5.73 Å². The second-order valence-corrected chi connectivity index (χ2v) is 6.69. The molecule has 142 valence electrons. The largest absolute Gasteiger partial charge is 0.481 e. The third-order valence-electron chi connectivity index (χ3n) is 4.36. The summed E-state index contributed by atoms with van der Waals surface area (Å²) in [6.07, 6.45) is 11.8. The van der Waals surface area contributed by atoms with E-state index in [4.69, 9.17) is 10.8 Å². The SMILES string of the molecule is CCCCCCCN(CCCCCCC)C(=O)[C@@H](N)CCC(=O)O. The van der Waals surface area contributed by atoms with Crippen LogP contribution in [-0.4, -0.2) is 41.0 Å². The van der Waals surface area contributed by atoms with Gasteiger partial charge in [-0.3, -0.25) is 9.59 Å². The van der Waals surface area contributed by atoms with E-state index >= 15 is 0 Å². The minimum Gasteiger partial charge on any atom is -0.481 e. The van der Waals surface area contributed by atoms with Crippen molar-refractivity contribution in [2.75, 3.05) is 13.1 Å². The summed E-state index contributed by atoms with van der Waals surface area (Å²) in [5.74, 6) is -0.980. The van der Waals surface area contributed by atoms with Gasteiger partial charge in [0.05, 0.1) is 6.04 Å². The topological polar surface area (TPSA) is 83.6 Å². The Bertz CT molecular complexity index is 321. The number of hydrogen-bond donors (Lipinski definition) is 2. The van der Waals surface area contributed by atoms with E-state index in [1.54, 1.807) is 0 Å². The van der Waals surface area contributed by atoms with Crippen LogP contribution in [0.25, 0.3) is 0 Å². The van der Waals surface area contributed by atoms with E-state index in [2.05, 4.69) is 13.8 Å². The summed E-state index contributed by atoms with van der Waals surface area (Å²) in [7, 11) is 0. The third kappa shape index (κ3) is 12.3. The zero-order valence-corrected chi connectivity index (χ0v) is 15.8. The molecule has 0 aliphatic heterocycles. The Morgan fingerprint density at radius 1 is 0.875 bits per heavy atom. The van der Waals surface area contributed by atoms with Crippen LogP contribution < -0.4 is 5.73 Å². The van der Waals surface area contributed by atoms with Crippen molar-refractivity contribution in [3.05, 3.63) is 0 Å². The van der Waals surface area contributed by atoms with Gasteiger partial charge in [-0.2, -0.15) is 0 Å². The number of unbranched alkanes of at least 4 members (excludes halogenated alkanes) is 8. The quantitative estimate of drug-likeness (QED) is 0.416. The minimum atomic E-state index is -0.899. The van der Waals surface area contributed by atoms with E-state index < -0.39 is 12.0 Å². The molecule has 0 unspecified atom stereocenters. The molecule has 0 saturated carbocycles. The smallest absolute Gasteiger partial charge is 0.303 e. The van der Waals surface area contributed by atoms with Gasteiger partial charge in [0, 0.05) is 19.5 Å². The fourth-order valence-electron chi connectivity index (χ4n) is 2.78. The summed E-state index contributed by atoms with van der Waals surface area (Å²) in [6, 6.07) is -0.688. The summed E-state index contributed by atoms with van der Waals surface area (Å²) < 4.78 is 0. The zero-order valence-electron chi connectivity index (χ0n) is 15.8. The molecule has 0 fully saturated rings. The Kier molecular flexibility index (Phi) is 14.7. The average Bonchev–Trinajstić information content (AvgIpc) is 2.56. The molecule has 1 amide bonds. The first kappa shape index (κ1) is 22.9. The molecule has 0 bridgehead atoms. The molecule has 0 rings (SSSR count). The monoisotopic (exact) mass is 342 g/mol. The first-order valence-electron chi connectivity index (χ1n) is 9.79. The number of rotatable bonds is 16. The van der Waals surface area contributed by atoms with E-state index in [0.29, 0.717) is 0 Å². The van der Waals surface area contributed by atoms with Gasteiger partial charge in [-0.15, -0.1) is 0 Å². The van der Waals surface area contributed by atoms with Crippen LogP contribution in [0.5, 0.6) is 0 Å². The van der Waals surface area contributed by atoms with Gasteiger partial charge in [0.2, 0.25) is 5.91 Å². The van der Waals surface area contributed by atoms with Crippen LogP contribution in [0.3, 0.4) is 0 Å². The fourth-order valence-corrected chi connectivity index (χ4v) is 2.78. The standard InChI is InChI=1S/C19H38N2O3/c1-3-5-7-9-11-15-21(16-12-10-8-6-4-2)19(24)17(20)13-14-18(22)23/h17H,3-16,20H2,1-2H3,(H,22,23)/t17-/m0/s1. The average molecular weight is 343 g/mol. The van der Waals surface area contributed by atoms with E-state index in [9.17, 15) is 9.59 Å². The lowest BCUT2D eigenvalue weighted by atomic mass is 10.1. The molecule has 0 radical (unpaired) electrons. The summed E-state index contributed by atoms with van der Waals surface area (Å²) in [6.45, 7) is 5.87. The third-order valence-corrected chi connectivity index (χ3v) is 4.36. The summed E-state index contributed by atoms with van der Waals surface area (Å²) in [4.78, 5) is 25.0. The van der Waals surface area contributed by atoms with Gasteiger partial charge in [0.15, 0.2) is 0 Å². The Morgan fingerprint density at radius 3 is 1.75 bits per heavy atom. The van der Waals surface area contributed by atoms with E-state index in [-0.39, 0.29) is 18.7 Å². The van der Waals surface area contributed by atoms with Crippen LogP contribution in [0, 0.1) is 0 Å². The molecule has 0 saturated heterocycles. The maximum absolute atomic E-state index is 12.5. The maximum atomic E-state index is 12.5. The molecule has 0 aliphatic rings. The predicted octanol–water partition coefficient (Wildman–Crippen LogP) is 3.95. The molecule has 0 heterocycles. The molecule has 0 aliphatic carbocycles. The van der Waals surface area contributed by atoms with Crippen molar-refractivity contribution in [3.63, 3.8) is 0 Å². The van der Waals surface area contributed by atoms with Gasteiger partial charge < -0.3 is 15.7 Å². The van der Waals surface area contributed by atoms with Gasteiger partial charge in [0.1, 0.15) is 0 Å². The number of carboxylic acids is 1. The molecule has 1 atom stereocenters. The molecule has 0 aromatic carbocycles. The first-order valence-corrected chi connectivity index (χ1v) is 9.79. The second-order valence-electron chi connectivity index (χ2n) is 6.69. The highest BCUT2D eigenvalue weighted by molar-refractivity contribution is 5.82. The number of nitrogens with two attached hydrogens (primary N) is 1. The summed E-state index contributed by atoms with van der Waals surface area (Å²) in [5.41, 5.74) is 5.92. The van der Waals surface area contributed by atoms with E-state index in [0.717, 1.165) is 38.8 Å². The summed E-state index contributed by atoms with van der Waals surface area (Å²) >= 11 is 0. The fraction of sp³-hybridized carbons (Fsp3) is 0.895. The number of carbonyl (C=O) groups is 2. The van der Waals surface area contributed by atoms with Gasteiger partial charge in [-0.05, 0) is 19.3 Å². The number of carbonyl (C=O) groups excluding carboxylic acids is 1. The number of aliphatic carboxylic acids is 1.